The van der Waals surface area contributed by atoms with Crippen molar-refractivity contribution >= 4 is 17.4 Å². The highest BCUT2D eigenvalue weighted by Crippen LogP contribution is 2.37. The normalized spacial score (nSPS) is 17.5. The summed E-state index contributed by atoms with van der Waals surface area (Å²) in [6, 6.07) is -0.603. The first kappa shape index (κ1) is 16.0. The summed E-state index contributed by atoms with van der Waals surface area (Å²) in [5.74, 6) is 0. The Bertz CT molecular complexity index is 519. The van der Waals surface area contributed by atoms with Crippen LogP contribution in [0.1, 0.15) is 15.6 Å². The highest BCUT2D eigenvalue weighted by molar-refractivity contribution is 7.11. The minimum absolute atomic E-state index is 0.298. The molecule has 5 nitrogen and oxygen atoms in total. The molecule has 0 atom stereocenters. The zero-order chi connectivity index (χ0) is 15.8. The number of nitrogens with one attached hydrogen (secondary N) is 1. The van der Waals surface area contributed by atoms with Gasteiger partial charge in [-0.1, -0.05) is 0 Å². The van der Waals surface area contributed by atoms with Crippen molar-refractivity contribution in [1.82, 2.24) is 15.2 Å². The van der Waals surface area contributed by atoms with Crippen LogP contribution in [0, 0.1) is 13.8 Å². The van der Waals surface area contributed by atoms with Gasteiger partial charge in [-0.25, -0.2) is 9.78 Å². The van der Waals surface area contributed by atoms with Crippen molar-refractivity contribution in [2.24, 2.45) is 0 Å². The quantitative estimate of drug-likeness (QED) is 0.888. The summed E-state index contributed by atoms with van der Waals surface area (Å²) in [7, 11) is 0. The summed E-state index contributed by atoms with van der Waals surface area (Å²) in [6.07, 6.45) is -4.18. The van der Waals surface area contributed by atoms with E-state index >= 15 is 0 Å². The fourth-order valence-corrected chi connectivity index (χ4v) is 2.88. The van der Waals surface area contributed by atoms with Crippen molar-refractivity contribution < 1.29 is 23.1 Å². The van der Waals surface area contributed by atoms with Crippen LogP contribution < -0.4 is 5.32 Å². The Morgan fingerprint density at radius 2 is 2.10 bits per heavy atom. The maximum atomic E-state index is 12.4. The van der Waals surface area contributed by atoms with Gasteiger partial charge >= 0.3 is 12.2 Å². The summed E-state index contributed by atoms with van der Waals surface area (Å²) in [5, 5.41) is 12.6. The van der Waals surface area contributed by atoms with Gasteiger partial charge in [-0.2, -0.15) is 13.2 Å². The van der Waals surface area contributed by atoms with Crippen LogP contribution in [0.25, 0.3) is 0 Å². The molecule has 1 aliphatic rings. The Kier molecular flexibility index (Phi) is 4.16. The Labute approximate surface area is 123 Å². The number of urea groups is 1. The van der Waals surface area contributed by atoms with Crippen molar-refractivity contribution in [2.45, 2.75) is 32.0 Å². The van der Waals surface area contributed by atoms with Crippen molar-refractivity contribution in [1.29, 1.82) is 0 Å². The highest BCUT2D eigenvalue weighted by Gasteiger charge is 2.62. The van der Waals surface area contributed by atoms with E-state index in [1.165, 1.54) is 11.3 Å². The fraction of sp³-hybridized carbons (Fsp3) is 0.667. The van der Waals surface area contributed by atoms with Gasteiger partial charge in [0.15, 0.2) is 5.60 Å². The number of alkyl halides is 3. The lowest BCUT2D eigenvalue weighted by atomic mass is 9.94. The van der Waals surface area contributed by atoms with Crippen LogP contribution in [0.5, 0.6) is 0 Å². The van der Waals surface area contributed by atoms with Crippen LogP contribution in [0.2, 0.25) is 0 Å². The maximum Gasteiger partial charge on any atom is 0.420 e. The van der Waals surface area contributed by atoms with Gasteiger partial charge in [0.25, 0.3) is 0 Å². The van der Waals surface area contributed by atoms with Gasteiger partial charge in [0.2, 0.25) is 0 Å². The predicted octanol–water partition coefficient (Wildman–Crippen LogP) is 1.62. The number of β-amino-alcohol motifs (C(OH)–C–C–N with tert-alkyl or cyclic N) is 1. The Morgan fingerprint density at radius 3 is 2.57 bits per heavy atom. The molecule has 1 aliphatic heterocycles. The molecular weight excluding hydrogens is 307 g/mol. The molecule has 9 heteroatoms. The van der Waals surface area contributed by atoms with E-state index < -0.39 is 30.9 Å². The first-order valence-electron chi connectivity index (χ1n) is 6.37. The van der Waals surface area contributed by atoms with Crippen molar-refractivity contribution in [2.75, 3.05) is 19.6 Å². The van der Waals surface area contributed by atoms with Crippen LogP contribution in [0.4, 0.5) is 18.0 Å². The molecular formula is C12H16F3N3O2S. The lowest BCUT2D eigenvalue weighted by Gasteiger charge is -2.46. The van der Waals surface area contributed by atoms with Crippen molar-refractivity contribution in [3.8, 4) is 0 Å². The molecule has 0 spiro atoms. The number of aryl methyl sites for hydroxylation is 2. The summed E-state index contributed by atoms with van der Waals surface area (Å²) in [4.78, 5) is 18.0. The number of hydrogen-bond donors (Lipinski definition) is 2. The predicted molar refractivity (Wildman–Crippen MR) is 71.3 cm³/mol. The maximum absolute atomic E-state index is 12.4. The molecule has 2 rings (SSSR count). The van der Waals surface area contributed by atoms with Crippen LogP contribution in [0.3, 0.4) is 0 Å². The number of halogens is 3. The zero-order valence-electron chi connectivity index (χ0n) is 11.6. The molecule has 118 valence electrons. The van der Waals surface area contributed by atoms with E-state index in [2.05, 4.69) is 10.3 Å². The molecule has 21 heavy (non-hydrogen) atoms. The summed E-state index contributed by atoms with van der Waals surface area (Å²) < 4.78 is 37.3. The average molecular weight is 323 g/mol. The number of nitrogens with zero attached hydrogens (tertiary/aromatic N) is 2. The number of aliphatic hydroxyl groups is 1. The number of carbonyl (C=O) groups excluding carboxylic acids is 1. The van der Waals surface area contributed by atoms with Crippen LogP contribution in [-0.4, -0.2) is 52.4 Å². The molecule has 0 unspecified atom stereocenters. The number of rotatable bonds is 3. The highest BCUT2D eigenvalue weighted by atomic mass is 32.1. The van der Waals surface area contributed by atoms with Gasteiger partial charge in [0, 0.05) is 17.8 Å². The third-order valence-corrected chi connectivity index (χ3v) is 4.54. The van der Waals surface area contributed by atoms with E-state index in [0.29, 0.717) is 13.0 Å². The summed E-state index contributed by atoms with van der Waals surface area (Å²) in [5.41, 5.74) is -1.83. The summed E-state index contributed by atoms with van der Waals surface area (Å²) >= 11 is 1.53. The fourth-order valence-electron chi connectivity index (χ4n) is 1.94. The lowest BCUT2D eigenvalue weighted by Crippen LogP contribution is -2.71. The van der Waals surface area contributed by atoms with E-state index in [1.54, 1.807) is 0 Å². The number of hydrogen-bond acceptors (Lipinski definition) is 4. The molecule has 1 aromatic rings. The number of likely N-dealkylation sites (tertiary alicyclic amines) is 1. The molecule has 0 aromatic carbocycles. The first-order valence-corrected chi connectivity index (χ1v) is 7.19. The first-order chi connectivity index (χ1) is 9.62. The minimum atomic E-state index is -4.71. The van der Waals surface area contributed by atoms with E-state index in [0.717, 1.165) is 20.5 Å². The Hall–Kier alpha value is -1.35. The second kappa shape index (κ2) is 5.45. The molecule has 1 saturated heterocycles. The minimum Gasteiger partial charge on any atom is -0.378 e. The standard InChI is InChI=1S/C12H16F3N3O2S/c1-7-8(2)21-9(17-7)3-4-16-10(19)18-5-11(20,6-18)12(13,14)15/h20H,3-6H2,1-2H3,(H,16,19). The largest absolute Gasteiger partial charge is 0.420 e. The van der Waals surface area contributed by atoms with Crippen LogP contribution in [0.15, 0.2) is 0 Å². The van der Waals surface area contributed by atoms with Gasteiger partial charge in [-0.15, -0.1) is 11.3 Å². The third kappa shape index (κ3) is 3.29. The number of carbonyl (C=O) groups is 1. The molecule has 1 aromatic heterocycles. The van der Waals surface area contributed by atoms with Gasteiger partial charge in [0.05, 0.1) is 23.8 Å². The van der Waals surface area contributed by atoms with E-state index in [-0.39, 0.29) is 0 Å². The second-order valence-electron chi connectivity index (χ2n) is 5.12. The van der Waals surface area contributed by atoms with E-state index in [4.69, 9.17) is 0 Å². The monoisotopic (exact) mass is 323 g/mol. The number of amides is 2. The van der Waals surface area contributed by atoms with Crippen molar-refractivity contribution in [3.63, 3.8) is 0 Å². The average Bonchev–Trinajstić information content (AvgIpc) is 2.63. The Morgan fingerprint density at radius 1 is 1.48 bits per heavy atom. The zero-order valence-corrected chi connectivity index (χ0v) is 12.4. The van der Waals surface area contributed by atoms with E-state index in [1.807, 2.05) is 13.8 Å². The molecule has 2 heterocycles. The van der Waals surface area contributed by atoms with Gasteiger partial charge in [-0.3, -0.25) is 0 Å². The molecule has 2 N–H and O–H groups in total. The van der Waals surface area contributed by atoms with Gasteiger partial charge in [0.1, 0.15) is 0 Å². The molecule has 0 bridgehead atoms. The molecule has 0 radical (unpaired) electrons. The van der Waals surface area contributed by atoms with Crippen molar-refractivity contribution in [3.05, 3.63) is 15.6 Å². The molecule has 0 saturated carbocycles. The van der Waals surface area contributed by atoms with Gasteiger partial charge < -0.3 is 15.3 Å². The topological polar surface area (TPSA) is 65.5 Å². The molecule has 2 amide bonds. The summed E-state index contributed by atoms with van der Waals surface area (Å²) in [6.45, 7) is 2.70. The van der Waals surface area contributed by atoms with E-state index in [9.17, 15) is 23.1 Å². The van der Waals surface area contributed by atoms with Gasteiger partial charge in [-0.05, 0) is 13.8 Å². The molecule has 1 fully saturated rings. The third-order valence-electron chi connectivity index (χ3n) is 3.41. The SMILES string of the molecule is Cc1nc(CCNC(=O)N2CC(O)(C(F)(F)F)C2)sc1C. The van der Waals surface area contributed by atoms with Crippen LogP contribution in [-0.2, 0) is 6.42 Å². The number of thiazole rings is 1. The number of aromatic nitrogens is 1. The molecule has 0 aliphatic carbocycles. The Balaban J connectivity index is 1.74. The lowest BCUT2D eigenvalue weighted by molar-refractivity contribution is -0.294. The smallest absolute Gasteiger partial charge is 0.378 e. The van der Waals surface area contributed by atoms with Crippen LogP contribution >= 0.6 is 11.3 Å². The second-order valence-corrected chi connectivity index (χ2v) is 6.40.